The molecule has 1 aliphatic heterocycles. The summed E-state index contributed by atoms with van der Waals surface area (Å²) in [6.45, 7) is 6.13. The highest BCUT2D eigenvalue weighted by Gasteiger charge is 2.19. The van der Waals surface area contributed by atoms with Crippen molar-refractivity contribution in [2.45, 2.75) is 13.1 Å². The molecule has 6 nitrogen and oxygen atoms in total. The fourth-order valence-corrected chi connectivity index (χ4v) is 4.47. The number of methoxy groups -OCH3 is 2. The zero-order chi connectivity index (χ0) is 20.1. The second-order valence-electron chi connectivity index (χ2n) is 7.09. The first kappa shape index (κ1) is 19.8. The number of ether oxygens (including phenoxy) is 2. The average molecular weight is 411 g/mol. The van der Waals surface area contributed by atoms with E-state index in [2.05, 4.69) is 32.3 Å². The highest BCUT2D eigenvalue weighted by Crippen LogP contribution is 2.39. The predicted molar refractivity (Wildman–Crippen MR) is 115 cm³/mol. The van der Waals surface area contributed by atoms with Crippen LogP contribution in [0.15, 0.2) is 48.1 Å². The van der Waals surface area contributed by atoms with Crippen LogP contribution >= 0.6 is 11.3 Å². The van der Waals surface area contributed by atoms with Crippen molar-refractivity contribution in [3.63, 3.8) is 0 Å². The SMILES string of the molecule is COc1cccc(-c2nc(CN3CCN(Cc4ccncc4)CC3)cs2)c1OC. The van der Waals surface area contributed by atoms with Crippen molar-refractivity contribution in [3.8, 4) is 22.1 Å². The van der Waals surface area contributed by atoms with E-state index in [4.69, 9.17) is 14.5 Å². The zero-order valence-electron chi connectivity index (χ0n) is 16.9. The Morgan fingerprint density at radius 1 is 0.931 bits per heavy atom. The van der Waals surface area contributed by atoms with Crippen LogP contribution in [0.1, 0.15) is 11.3 Å². The Bertz CT molecular complexity index is 924. The molecule has 0 spiro atoms. The van der Waals surface area contributed by atoms with E-state index in [9.17, 15) is 0 Å². The molecule has 0 atom stereocenters. The van der Waals surface area contributed by atoms with Crippen LogP contribution in [0.3, 0.4) is 0 Å². The van der Waals surface area contributed by atoms with Crippen molar-refractivity contribution in [1.29, 1.82) is 0 Å². The van der Waals surface area contributed by atoms with Gasteiger partial charge in [0.15, 0.2) is 11.5 Å². The summed E-state index contributed by atoms with van der Waals surface area (Å²) in [5, 5.41) is 3.12. The van der Waals surface area contributed by atoms with E-state index >= 15 is 0 Å². The van der Waals surface area contributed by atoms with Crippen LogP contribution in [0.5, 0.6) is 11.5 Å². The van der Waals surface area contributed by atoms with Crippen molar-refractivity contribution in [3.05, 3.63) is 59.4 Å². The molecule has 0 saturated carbocycles. The Labute approximate surface area is 175 Å². The fourth-order valence-electron chi connectivity index (χ4n) is 3.64. The standard InChI is InChI=1S/C22H26N4O2S/c1-27-20-5-3-4-19(21(20)28-2)22-24-18(16-29-22)15-26-12-10-25(11-13-26)14-17-6-8-23-9-7-17/h3-9,16H,10-15H2,1-2H3. The molecule has 2 aromatic heterocycles. The van der Waals surface area contributed by atoms with E-state index in [1.165, 1.54) is 5.56 Å². The minimum atomic E-state index is 0.729. The van der Waals surface area contributed by atoms with Gasteiger partial charge in [-0.25, -0.2) is 4.98 Å². The van der Waals surface area contributed by atoms with Gasteiger partial charge in [0, 0.05) is 57.0 Å². The van der Waals surface area contributed by atoms with E-state index in [0.29, 0.717) is 0 Å². The predicted octanol–water partition coefficient (Wildman–Crippen LogP) is 3.54. The third-order valence-corrected chi connectivity index (χ3v) is 6.12. The summed E-state index contributed by atoms with van der Waals surface area (Å²) in [7, 11) is 3.32. The number of para-hydroxylation sites is 1. The highest BCUT2D eigenvalue weighted by atomic mass is 32.1. The molecule has 152 valence electrons. The Kier molecular flexibility index (Phi) is 6.39. The molecule has 1 aliphatic rings. The highest BCUT2D eigenvalue weighted by molar-refractivity contribution is 7.13. The number of thiazole rings is 1. The third kappa shape index (κ3) is 4.75. The molecule has 3 heterocycles. The molecule has 1 saturated heterocycles. The molecule has 0 aliphatic carbocycles. The van der Waals surface area contributed by atoms with Gasteiger partial charge in [-0.05, 0) is 29.8 Å². The third-order valence-electron chi connectivity index (χ3n) is 5.19. The Hall–Kier alpha value is -2.48. The van der Waals surface area contributed by atoms with Gasteiger partial charge < -0.3 is 9.47 Å². The van der Waals surface area contributed by atoms with Gasteiger partial charge in [0.25, 0.3) is 0 Å². The topological polar surface area (TPSA) is 50.7 Å². The lowest BCUT2D eigenvalue weighted by Gasteiger charge is -2.34. The smallest absolute Gasteiger partial charge is 0.170 e. The summed E-state index contributed by atoms with van der Waals surface area (Å²) >= 11 is 1.65. The van der Waals surface area contributed by atoms with Gasteiger partial charge in [-0.2, -0.15) is 0 Å². The first-order valence-electron chi connectivity index (χ1n) is 9.76. The van der Waals surface area contributed by atoms with Gasteiger partial charge >= 0.3 is 0 Å². The van der Waals surface area contributed by atoms with Crippen LogP contribution in [0.2, 0.25) is 0 Å². The fraction of sp³-hybridized carbons (Fsp3) is 0.364. The van der Waals surface area contributed by atoms with Gasteiger partial charge in [-0.3, -0.25) is 14.8 Å². The molecule has 1 aromatic carbocycles. The average Bonchev–Trinajstić information content (AvgIpc) is 3.23. The van der Waals surface area contributed by atoms with Gasteiger partial charge in [-0.1, -0.05) is 6.07 Å². The van der Waals surface area contributed by atoms with Crippen molar-refractivity contribution < 1.29 is 9.47 Å². The van der Waals surface area contributed by atoms with Crippen molar-refractivity contribution in [1.82, 2.24) is 19.8 Å². The molecule has 1 fully saturated rings. The summed E-state index contributed by atoms with van der Waals surface area (Å²) in [5.41, 5.74) is 3.41. The summed E-state index contributed by atoms with van der Waals surface area (Å²) in [6.07, 6.45) is 3.73. The zero-order valence-corrected chi connectivity index (χ0v) is 17.7. The first-order chi connectivity index (χ1) is 14.3. The first-order valence-corrected chi connectivity index (χ1v) is 10.6. The number of nitrogens with zero attached hydrogens (tertiary/aromatic N) is 4. The lowest BCUT2D eigenvalue weighted by atomic mass is 10.2. The number of benzene rings is 1. The summed E-state index contributed by atoms with van der Waals surface area (Å²) in [4.78, 5) is 13.9. The monoisotopic (exact) mass is 410 g/mol. The minimum Gasteiger partial charge on any atom is -0.493 e. The van der Waals surface area contributed by atoms with E-state index in [1.54, 1.807) is 25.6 Å². The molecule has 0 amide bonds. The van der Waals surface area contributed by atoms with Crippen LogP contribution in [-0.2, 0) is 13.1 Å². The van der Waals surface area contributed by atoms with Gasteiger partial charge in [0.2, 0.25) is 0 Å². The van der Waals surface area contributed by atoms with Crippen LogP contribution in [0, 0.1) is 0 Å². The number of piperazine rings is 1. The molecule has 4 rings (SSSR count). The largest absolute Gasteiger partial charge is 0.493 e. The Morgan fingerprint density at radius 2 is 1.66 bits per heavy atom. The van der Waals surface area contributed by atoms with Gasteiger partial charge in [0.1, 0.15) is 5.01 Å². The van der Waals surface area contributed by atoms with Crippen LogP contribution in [-0.4, -0.2) is 60.2 Å². The van der Waals surface area contributed by atoms with Gasteiger partial charge in [0.05, 0.1) is 25.5 Å². The molecule has 0 unspecified atom stereocenters. The summed E-state index contributed by atoms with van der Waals surface area (Å²) in [5.74, 6) is 1.47. The lowest BCUT2D eigenvalue weighted by molar-refractivity contribution is 0.121. The second-order valence-corrected chi connectivity index (χ2v) is 7.95. The molecule has 0 radical (unpaired) electrons. The summed E-state index contributed by atoms with van der Waals surface area (Å²) in [6, 6.07) is 10.1. The van der Waals surface area contributed by atoms with E-state index in [-0.39, 0.29) is 0 Å². The van der Waals surface area contributed by atoms with Crippen molar-refractivity contribution in [2.75, 3.05) is 40.4 Å². The van der Waals surface area contributed by atoms with E-state index in [0.717, 1.165) is 67.0 Å². The molecule has 0 bridgehead atoms. The quantitative estimate of drug-likeness (QED) is 0.594. The minimum absolute atomic E-state index is 0.729. The van der Waals surface area contributed by atoms with Crippen LogP contribution < -0.4 is 9.47 Å². The molecular weight excluding hydrogens is 384 g/mol. The number of hydrogen-bond donors (Lipinski definition) is 0. The number of pyridine rings is 1. The van der Waals surface area contributed by atoms with Crippen LogP contribution in [0.25, 0.3) is 10.6 Å². The Balaban J connectivity index is 1.36. The molecular formula is C22H26N4O2S. The van der Waals surface area contributed by atoms with Crippen molar-refractivity contribution in [2.24, 2.45) is 0 Å². The maximum Gasteiger partial charge on any atom is 0.170 e. The van der Waals surface area contributed by atoms with Gasteiger partial charge in [-0.15, -0.1) is 11.3 Å². The molecule has 29 heavy (non-hydrogen) atoms. The summed E-state index contributed by atoms with van der Waals surface area (Å²) < 4.78 is 11.0. The maximum atomic E-state index is 5.56. The maximum absolute atomic E-state index is 5.56. The van der Waals surface area contributed by atoms with Crippen LogP contribution in [0.4, 0.5) is 0 Å². The van der Waals surface area contributed by atoms with Crippen molar-refractivity contribution >= 4 is 11.3 Å². The number of hydrogen-bond acceptors (Lipinski definition) is 7. The van der Waals surface area contributed by atoms with E-state index < -0.39 is 0 Å². The lowest BCUT2D eigenvalue weighted by Crippen LogP contribution is -2.45. The molecule has 7 heteroatoms. The molecule has 0 N–H and O–H groups in total. The molecule has 3 aromatic rings. The Morgan fingerprint density at radius 3 is 2.34 bits per heavy atom. The normalized spacial score (nSPS) is 15.4. The van der Waals surface area contributed by atoms with E-state index in [1.807, 2.05) is 30.6 Å². The number of rotatable bonds is 7. The number of aromatic nitrogens is 2. The second kappa shape index (κ2) is 9.35.